The van der Waals surface area contributed by atoms with Gasteiger partial charge in [0, 0.05) is 12.8 Å². The van der Waals surface area contributed by atoms with Crippen molar-refractivity contribution in [3.63, 3.8) is 0 Å². The second kappa shape index (κ2) is 58.9. The Morgan fingerprint density at radius 3 is 1.33 bits per heavy atom. The number of allylic oxidation sites excluding steroid dienone is 11. The summed E-state index contributed by atoms with van der Waals surface area (Å²) in [6, 6.07) is -0.831. The number of ether oxygens (including phenoxy) is 3. The van der Waals surface area contributed by atoms with Crippen LogP contribution in [0.5, 0.6) is 0 Å². The normalized spacial score (nSPS) is 18.7. The van der Waals surface area contributed by atoms with Crippen molar-refractivity contribution in [2.24, 2.45) is 0 Å². The summed E-state index contributed by atoms with van der Waals surface area (Å²) >= 11 is 0. The molecule has 0 radical (unpaired) electrons. The van der Waals surface area contributed by atoms with Gasteiger partial charge in [-0.2, -0.15) is 0 Å². The van der Waals surface area contributed by atoms with Gasteiger partial charge in [0.1, 0.15) is 24.4 Å². The van der Waals surface area contributed by atoms with Crippen molar-refractivity contribution in [1.29, 1.82) is 0 Å². The maximum Gasteiger partial charge on any atom is 0.305 e. The number of rotatable bonds is 58. The van der Waals surface area contributed by atoms with E-state index in [1.54, 1.807) is 6.08 Å². The summed E-state index contributed by atoms with van der Waals surface area (Å²) < 4.78 is 16.7. The molecule has 1 rings (SSSR count). The molecule has 81 heavy (non-hydrogen) atoms. The Morgan fingerprint density at radius 1 is 0.457 bits per heavy atom. The molecule has 11 heteroatoms. The summed E-state index contributed by atoms with van der Waals surface area (Å²) in [4.78, 5) is 25.1. The highest BCUT2D eigenvalue weighted by Gasteiger charge is 2.44. The van der Waals surface area contributed by atoms with Crippen molar-refractivity contribution in [2.45, 2.75) is 339 Å². The fourth-order valence-corrected chi connectivity index (χ4v) is 10.1. The van der Waals surface area contributed by atoms with Crippen molar-refractivity contribution >= 4 is 11.9 Å². The maximum atomic E-state index is 13.0. The Bertz CT molecular complexity index is 1580. The summed E-state index contributed by atoms with van der Waals surface area (Å²) in [5.74, 6) is -0.211. The quantitative estimate of drug-likeness (QED) is 0.0195. The van der Waals surface area contributed by atoms with Crippen LogP contribution in [0.3, 0.4) is 0 Å². The molecule has 0 aromatic heterocycles. The van der Waals surface area contributed by atoms with Crippen molar-refractivity contribution in [2.75, 3.05) is 19.8 Å². The zero-order valence-electron chi connectivity index (χ0n) is 52.0. The van der Waals surface area contributed by atoms with E-state index in [-0.39, 0.29) is 18.5 Å². The first-order valence-corrected chi connectivity index (χ1v) is 33.7. The zero-order valence-corrected chi connectivity index (χ0v) is 52.0. The Hall–Kier alpha value is -2.90. The van der Waals surface area contributed by atoms with Crippen LogP contribution in [-0.2, 0) is 23.8 Å². The van der Waals surface area contributed by atoms with Gasteiger partial charge >= 0.3 is 5.97 Å². The average Bonchev–Trinajstić information content (AvgIpc) is 3.51. The first-order valence-electron chi connectivity index (χ1n) is 33.7. The molecule has 0 bridgehead atoms. The van der Waals surface area contributed by atoms with Crippen LogP contribution in [0.1, 0.15) is 296 Å². The molecule has 7 unspecified atom stereocenters. The van der Waals surface area contributed by atoms with E-state index in [1.807, 2.05) is 6.08 Å². The van der Waals surface area contributed by atoms with Crippen LogP contribution in [0.25, 0.3) is 0 Å². The second-order valence-electron chi connectivity index (χ2n) is 23.2. The lowest BCUT2D eigenvalue weighted by Crippen LogP contribution is -2.60. The lowest BCUT2D eigenvalue weighted by molar-refractivity contribution is -0.302. The molecule has 7 atom stereocenters. The van der Waals surface area contributed by atoms with E-state index in [9.17, 15) is 35.1 Å². The predicted molar refractivity (Wildman–Crippen MR) is 338 cm³/mol. The number of nitrogens with one attached hydrogen (secondary N) is 1. The molecule has 6 N–H and O–H groups in total. The number of aliphatic hydroxyl groups excluding tert-OH is 5. The van der Waals surface area contributed by atoms with Crippen LogP contribution in [0, 0.1) is 0 Å². The zero-order chi connectivity index (χ0) is 58.7. The summed E-state index contributed by atoms with van der Waals surface area (Å²) in [6.45, 7) is 4.27. The molecule has 0 aromatic rings. The van der Waals surface area contributed by atoms with E-state index in [2.05, 4.69) is 79.9 Å². The van der Waals surface area contributed by atoms with Gasteiger partial charge in [-0.05, 0) is 103 Å². The van der Waals surface area contributed by atoms with E-state index in [0.29, 0.717) is 19.4 Å². The molecular formula is C70H125NO10. The van der Waals surface area contributed by atoms with Crippen LogP contribution < -0.4 is 5.32 Å². The number of amides is 1. The molecule has 1 fully saturated rings. The summed E-state index contributed by atoms with van der Waals surface area (Å²) in [5, 5.41) is 54.4. The molecule has 0 aromatic carbocycles. The summed E-state index contributed by atoms with van der Waals surface area (Å²) in [5.41, 5.74) is 0. The van der Waals surface area contributed by atoms with E-state index in [1.165, 1.54) is 180 Å². The molecule has 0 spiro atoms. The standard InChI is InChI=1S/C70H125NO10/c1-3-5-7-9-11-13-15-17-34-38-42-46-50-54-58-66(75)79-59-55-51-47-43-39-35-32-30-28-26-24-22-20-18-19-21-23-25-27-29-31-33-37-41-45-49-53-57-65(74)71-62(61-80-70-69(78)68(77)67(76)64(60-72)81-70)63(73)56-52-48-44-40-36-16-14-12-10-8-6-4-2/h9,11,15,17-19,22,24,36,40,52,56,62-64,67-70,72-73,76-78H,3-8,10,12-14,16,20-21,23,25-35,37-39,41-51,53-55,57-61H2,1-2H3,(H,71,74)/b11-9-,17-15-,19-18-,24-22-,40-36+,56-52+. The fourth-order valence-electron chi connectivity index (χ4n) is 10.1. The van der Waals surface area contributed by atoms with Crippen molar-refractivity contribution in [3.8, 4) is 0 Å². The lowest BCUT2D eigenvalue weighted by atomic mass is 9.99. The highest BCUT2D eigenvalue weighted by molar-refractivity contribution is 5.76. The van der Waals surface area contributed by atoms with Crippen LogP contribution in [-0.4, -0.2) is 100 Å². The van der Waals surface area contributed by atoms with E-state index >= 15 is 0 Å². The molecule has 0 saturated carbocycles. The maximum absolute atomic E-state index is 13.0. The third-order valence-electron chi connectivity index (χ3n) is 15.5. The number of carbonyl (C=O) groups is 2. The van der Waals surface area contributed by atoms with Crippen LogP contribution in [0.4, 0.5) is 0 Å². The Labute approximate surface area is 496 Å². The van der Waals surface area contributed by atoms with Gasteiger partial charge in [0.25, 0.3) is 0 Å². The third kappa shape index (κ3) is 48.1. The topological polar surface area (TPSA) is 175 Å². The van der Waals surface area contributed by atoms with Gasteiger partial charge in [0.05, 0.1) is 32.0 Å². The van der Waals surface area contributed by atoms with Crippen LogP contribution in [0.2, 0.25) is 0 Å². The average molecular weight is 1140 g/mol. The number of hydrogen-bond acceptors (Lipinski definition) is 10. The van der Waals surface area contributed by atoms with E-state index < -0.39 is 49.5 Å². The minimum atomic E-state index is -1.58. The van der Waals surface area contributed by atoms with E-state index in [4.69, 9.17) is 14.2 Å². The van der Waals surface area contributed by atoms with E-state index in [0.717, 1.165) is 89.9 Å². The molecule has 11 nitrogen and oxygen atoms in total. The van der Waals surface area contributed by atoms with Crippen LogP contribution in [0.15, 0.2) is 72.9 Å². The van der Waals surface area contributed by atoms with Gasteiger partial charge in [-0.3, -0.25) is 9.59 Å². The summed E-state index contributed by atoms with van der Waals surface area (Å²) in [6.07, 6.45) is 68.8. The predicted octanol–water partition coefficient (Wildman–Crippen LogP) is 16.7. The summed E-state index contributed by atoms with van der Waals surface area (Å²) in [7, 11) is 0. The van der Waals surface area contributed by atoms with Gasteiger partial charge in [-0.15, -0.1) is 0 Å². The monoisotopic (exact) mass is 1140 g/mol. The third-order valence-corrected chi connectivity index (χ3v) is 15.5. The Balaban J connectivity index is 2.01. The number of carbonyl (C=O) groups excluding carboxylic acids is 2. The minimum absolute atomic E-state index is 0.0146. The molecule has 470 valence electrons. The molecule has 0 aliphatic carbocycles. The number of esters is 1. The van der Waals surface area contributed by atoms with Gasteiger partial charge in [0.2, 0.25) is 5.91 Å². The highest BCUT2D eigenvalue weighted by atomic mass is 16.7. The van der Waals surface area contributed by atoms with Crippen molar-refractivity contribution in [1.82, 2.24) is 5.32 Å². The Morgan fingerprint density at radius 2 is 0.852 bits per heavy atom. The first kappa shape index (κ1) is 76.1. The SMILES string of the molecule is CCCC/C=C\C/C=C\CCCCCCCC(=O)OCCCCCCCCCCC/C=C\C/C=C\CCCCCCCCCCCCCC(=O)NC(COC1OC(CO)C(O)C(O)C1O)C(O)/C=C/CC/C=C/CCCCCCCC. The van der Waals surface area contributed by atoms with Crippen molar-refractivity contribution < 1.29 is 49.3 Å². The molecule has 1 aliphatic heterocycles. The van der Waals surface area contributed by atoms with Gasteiger partial charge in [-0.25, -0.2) is 0 Å². The number of hydrogen-bond donors (Lipinski definition) is 6. The number of unbranched alkanes of at least 4 members (excludes halogenated alkanes) is 34. The largest absolute Gasteiger partial charge is 0.466 e. The van der Waals surface area contributed by atoms with Gasteiger partial charge in [0.15, 0.2) is 6.29 Å². The number of aliphatic hydroxyl groups is 5. The molecule has 1 heterocycles. The molecule has 1 saturated heterocycles. The van der Waals surface area contributed by atoms with Gasteiger partial charge in [-0.1, -0.05) is 254 Å². The fraction of sp³-hybridized carbons (Fsp3) is 0.800. The highest BCUT2D eigenvalue weighted by Crippen LogP contribution is 2.23. The lowest BCUT2D eigenvalue weighted by Gasteiger charge is -2.40. The second-order valence-corrected chi connectivity index (χ2v) is 23.2. The molecule has 1 amide bonds. The Kier molecular flexibility index (Phi) is 55.3. The minimum Gasteiger partial charge on any atom is -0.466 e. The first-order chi connectivity index (χ1) is 39.7. The smallest absolute Gasteiger partial charge is 0.305 e. The van der Waals surface area contributed by atoms with Gasteiger partial charge < -0.3 is 45.1 Å². The molecule has 1 aliphatic rings. The molecular weight excluding hydrogens is 1010 g/mol. The van der Waals surface area contributed by atoms with Crippen LogP contribution >= 0.6 is 0 Å². The van der Waals surface area contributed by atoms with Crippen molar-refractivity contribution in [3.05, 3.63) is 72.9 Å².